The summed E-state index contributed by atoms with van der Waals surface area (Å²) in [5.41, 5.74) is 2.10. The third kappa shape index (κ3) is 3.55. The molecule has 3 heterocycles. The van der Waals surface area contributed by atoms with E-state index < -0.39 is 0 Å². The van der Waals surface area contributed by atoms with Crippen molar-refractivity contribution >= 4 is 11.6 Å². The first kappa shape index (κ1) is 13.9. The fourth-order valence-corrected chi connectivity index (χ4v) is 2.71. The maximum absolute atomic E-state index is 4.61. The summed E-state index contributed by atoms with van der Waals surface area (Å²) in [5, 5.41) is 6.72. The predicted molar refractivity (Wildman–Crippen MR) is 83.9 cm³/mol. The van der Waals surface area contributed by atoms with E-state index >= 15 is 0 Å². The van der Waals surface area contributed by atoms with Gasteiger partial charge in [-0.2, -0.15) is 0 Å². The van der Waals surface area contributed by atoms with Crippen LogP contribution in [0.5, 0.6) is 0 Å². The van der Waals surface area contributed by atoms with Gasteiger partial charge in [0.15, 0.2) is 0 Å². The molecular weight excluding hydrogens is 262 g/mol. The molecule has 110 valence electrons. The second kappa shape index (κ2) is 6.18. The molecule has 0 bridgehead atoms. The lowest BCUT2D eigenvalue weighted by Crippen LogP contribution is -2.29. The van der Waals surface area contributed by atoms with Crippen LogP contribution in [-0.4, -0.2) is 28.0 Å². The predicted octanol–water partition coefficient (Wildman–Crippen LogP) is 2.70. The molecule has 5 nitrogen and oxygen atoms in total. The van der Waals surface area contributed by atoms with Crippen molar-refractivity contribution in [1.82, 2.24) is 20.3 Å². The van der Waals surface area contributed by atoms with Crippen molar-refractivity contribution in [1.29, 1.82) is 0 Å². The number of anilines is 2. The number of aryl methyl sites for hydroxylation is 2. The fraction of sp³-hybridized carbons (Fsp3) is 0.438. The van der Waals surface area contributed by atoms with Gasteiger partial charge in [0.1, 0.15) is 17.5 Å². The normalized spacial score (nSPS) is 18.5. The van der Waals surface area contributed by atoms with Crippen LogP contribution in [-0.2, 0) is 0 Å². The molecule has 0 amide bonds. The molecule has 3 rings (SSSR count). The number of pyridine rings is 1. The van der Waals surface area contributed by atoms with Gasteiger partial charge in [-0.25, -0.2) is 15.0 Å². The second-order valence-electron chi connectivity index (χ2n) is 5.56. The van der Waals surface area contributed by atoms with Gasteiger partial charge >= 0.3 is 0 Å². The van der Waals surface area contributed by atoms with Gasteiger partial charge in [0.25, 0.3) is 0 Å². The van der Waals surface area contributed by atoms with E-state index in [4.69, 9.17) is 0 Å². The van der Waals surface area contributed by atoms with Crippen LogP contribution in [0.4, 0.5) is 11.6 Å². The number of nitrogens with one attached hydrogen (secondary N) is 2. The third-order valence-corrected chi connectivity index (χ3v) is 3.72. The monoisotopic (exact) mass is 283 g/mol. The molecule has 1 atom stereocenters. The SMILES string of the molecule is Cc1cccc(Nc2cc(C3CCCNC3)nc(C)n2)n1. The number of nitrogens with zero attached hydrogens (tertiary/aromatic N) is 3. The van der Waals surface area contributed by atoms with E-state index in [0.29, 0.717) is 5.92 Å². The number of hydrogen-bond acceptors (Lipinski definition) is 5. The van der Waals surface area contributed by atoms with Crippen LogP contribution in [0.15, 0.2) is 24.3 Å². The molecule has 1 fully saturated rings. The van der Waals surface area contributed by atoms with Gasteiger partial charge in [0.2, 0.25) is 0 Å². The zero-order chi connectivity index (χ0) is 14.7. The highest BCUT2D eigenvalue weighted by Gasteiger charge is 2.17. The van der Waals surface area contributed by atoms with E-state index in [1.165, 1.54) is 12.8 Å². The molecule has 0 saturated carbocycles. The van der Waals surface area contributed by atoms with Gasteiger partial charge in [-0.15, -0.1) is 0 Å². The highest BCUT2D eigenvalue weighted by Crippen LogP contribution is 2.24. The Morgan fingerprint density at radius 2 is 2.05 bits per heavy atom. The van der Waals surface area contributed by atoms with E-state index in [1.54, 1.807) is 0 Å². The van der Waals surface area contributed by atoms with Crippen molar-refractivity contribution in [3.05, 3.63) is 41.5 Å². The minimum absolute atomic E-state index is 0.478. The van der Waals surface area contributed by atoms with Crippen molar-refractivity contribution < 1.29 is 0 Å². The lowest BCUT2D eigenvalue weighted by Gasteiger charge is -2.22. The molecule has 1 saturated heterocycles. The summed E-state index contributed by atoms with van der Waals surface area (Å²) in [6, 6.07) is 7.97. The quantitative estimate of drug-likeness (QED) is 0.907. The first-order chi connectivity index (χ1) is 10.2. The molecule has 1 aliphatic rings. The van der Waals surface area contributed by atoms with Crippen LogP contribution < -0.4 is 10.6 Å². The molecule has 2 aromatic heterocycles. The fourth-order valence-electron chi connectivity index (χ4n) is 2.71. The lowest BCUT2D eigenvalue weighted by molar-refractivity contribution is 0.453. The molecule has 21 heavy (non-hydrogen) atoms. The molecular formula is C16H21N5. The lowest BCUT2D eigenvalue weighted by atomic mass is 9.96. The first-order valence-corrected chi connectivity index (χ1v) is 7.48. The Balaban J connectivity index is 1.83. The Kier molecular flexibility index (Phi) is 4.10. The molecule has 2 aromatic rings. The first-order valence-electron chi connectivity index (χ1n) is 7.48. The molecule has 1 unspecified atom stereocenters. The molecule has 0 aromatic carbocycles. The van der Waals surface area contributed by atoms with Crippen molar-refractivity contribution in [3.63, 3.8) is 0 Å². The van der Waals surface area contributed by atoms with Crippen molar-refractivity contribution in [2.24, 2.45) is 0 Å². The average molecular weight is 283 g/mol. The van der Waals surface area contributed by atoms with E-state index in [-0.39, 0.29) is 0 Å². The van der Waals surface area contributed by atoms with Gasteiger partial charge in [-0.05, 0) is 45.4 Å². The van der Waals surface area contributed by atoms with Gasteiger partial charge in [0, 0.05) is 24.2 Å². The van der Waals surface area contributed by atoms with Crippen LogP contribution in [0, 0.1) is 13.8 Å². The summed E-state index contributed by atoms with van der Waals surface area (Å²) in [5.74, 6) is 2.92. The Hall–Kier alpha value is -2.01. The van der Waals surface area contributed by atoms with Crippen molar-refractivity contribution in [2.75, 3.05) is 18.4 Å². The maximum atomic E-state index is 4.61. The van der Waals surface area contributed by atoms with E-state index in [1.807, 2.05) is 32.0 Å². The molecule has 0 spiro atoms. The summed E-state index contributed by atoms with van der Waals surface area (Å²) in [7, 11) is 0. The van der Waals surface area contributed by atoms with E-state index in [9.17, 15) is 0 Å². The number of piperidine rings is 1. The van der Waals surface area contributed by atoms with Crippen LogP contribution in [0.25, 0.3) is 0 Å². The van der Waals surface area contributed by atoms with Crippen LogP contribution >= 0.6 is 0 Å². The number of hydrogen-bond donors (Lipinski definition) is 2. The Labute approximate surface area is 125 Å². The van der Waals surface area contributed by atoms with Gasteiger partial charge < -0.3 is 10.6 Å². The standard InChI is InChI=1S/C16H21N5/c1-11-5-3-7-15(18-11)21-16-9-14(19-12(2)20-16)13-6-4-8-17-10-13/h3,5,7,9,13,17H,4,6,8,10H2,1-2H3,(H,18,19,20,21). The summed E-state index contributed by atoms with van der Waals surface area (Å²) >= 11 is 0. The number of aromatic nitrogens is 3. The van der Waals surface area contributed by atoms with Crippen LogP contribution in [0.3, 0.4) is 0 Å². The minimum Gasteiger partial charge on any atom is -0.325 e. The average Bonchev–Trinajstić information content (AvgIpc) is 2.47. The summed E-state index contributed by atoms with van der Waals surface area (Å²) < 4.78 is 0. The van der Waals surface area contributed by atoms with Crippen LogP contribution in [0.2, 0.25) is 0 Å². The third-order valence-electron chi connectivity index (χ3n) is 3.72. The van der Waals surface area contributed by atoms with E-state index in [0.717, 1.165) is 41.9 Å². The minimum atomic E-state index is 0.478. The van der Waals surface area contributed by atoms with Gasteiger partial charge in [0.05, 0.1) is 5.69 Å². The summed E-state index contributed by atoms with van der Waals surface area (Å²) in [4.78, 5) is 13.5. The second-order valence-corrected chi connectivity index (χ2v) is 5.56. The van der Waals surface area contributed by atoms with E-state index in [2.05, 4.69) is 31.7 Å². The Morgan fingerprint density at radius 3 is 2.81 bits per heavy atom. The summed E-state index contributed by atoms with van der Waals surface area (Å²) in [6.07, 6.45) is 2.39. The molecule has 5 heteroatoms. The largest absolute Gasteiger partial charge is 0.325 e. The van der Waals surface area contributed by atoms with Gasteiger partial charge in [-0.3, -0.25) is 0 Å². The van der Waals surface area contributed by atoms with Crippen molar-refractivity contribution in [2.45, 2.75) is 32.6 Å². The molecule has 2 N–H and O–H groups in total. The Morgan fingerprint density at radius 1 is 1.14 bits per heavy atom. The summed E-state index contributed by atoms with van der Waals surface area (Å²) in [6.45, 7) is 6.03. The highest BCUT2D eigenvalue weighted by molar-refractivity contribution is 5.52. The zero-order valence-corrected chi connectivity index (χ0v) is 12.6. The van der Waals surface area contributed by atoms with Crippen LogP contribution in [0.1, 0.15) is 36.0 Å². The molecule has 0 aliphatic carbocycles. The number of rotatable bonds is 3. The molecule has 1 aliphatic heterocycles. The topological polar surface area (TPSA) is 62.7 Å². The smallest absolute Gasteiger partial charge is 0.135 e. The van der Waals surface area contributed by atoms with Crippen molar-refractivity contribution in [3.8, 4) is 0 Å². The van der Waals surface area contributed by atoms with Gasteiger partial charge in [-0.1, -0.05) is 6.07 Å². The molecule has 0 radical (unpaired) electrons. The maximum Gasteiger partial charge on any atom is 0.135 e. The highest BCUT2D eigenvalue weighted by atomic mass is 15.1. The Bertz CT molecular complexity index is 620. The zero-order valence-electron chi connectivity index (χ0n) is 12.6.